The molecule has 0 spiro atoms. The number of fused-ring (bicyclic) bond motifs is 5. The topological polar surface area (TPSA) is 69.6 Å². The molecule has 1 amide bonds. The fourth-order valence-electron chi connectivity index (χ4n) is 7.90. The number of rotatable bonds is 2. The molecule has 3 N–H and O–H groups in total. The van der Waals surface area contributed by atoms with E-state index in [0.29, 0.717) is 30.6 Å². The number of aliphatic hydroxyl groups is 2. The summed E-state index contributed by atoms with van der Waals surface area (Å²) in [7, 11) is 0. The first-order chi connectivity index (χ1) is 13.8. The molecule has 0 aromatic heterocycles. The number of amides is 1. The van der Waals surface area contributed by atoms with Crippen LogP contribution in [0.1, 0.15) is 65.7 Å². The number of carbonyl (C=O) groups excluding carboxylic acids is 1. The van der Waals surface area contributed by atoms with Crippen LogP contribution in [0.5, 0.6) is 0 Å². The molecule has 4 aliphatic carbocycles. The Bertz CT molecular complexity index is 738. The highest BCUT2D eigenvalue weighted by molar-refractivity contribution is 5.82. The summed E-state index contributed by atoms with van der Waals surface area (Å²) >= 11 is 0. The molecule has 0 aromatic rings. The molecule has 0 bridgehead atoms. The molecular formula is C23H34F3NO3. The van der Waals surface area contributed by atoms with Gasteiger partial charge in [-0.3, -0.25) is 4.79 Å². The first-order valence-corrected chi connectivity index (χ1v) is 11.3. The smallest absolute Gasteiger partial charge is 0.390 e. The van der Waals surface area contributed by atoms with Crippen molar-refractivity contribution in [1.29, 1.82) is 0 Å². The van der Waals surface area contributed by atoms with Crippen molar-refractivity contribution in [3.8, 4) is 0 Å². The lowest BCUT2D eigenvalue weighted by atomic mass is 9.45. The predicted molar refractivity (Wildman–Crippen MR) is 106 cm³/mol. The van der Waals surface area contributed by atoms with Gasteiger partial charge in [0, 0.05) is 11.5 Å². The number of nitrogens with one attached hydrogen (secondary N) is 1. The summed E-state index contributed by atoms with van der Waals surface area (Å²) in [6.45, 7) is 6.06. The van der Waals surface area contributed by atoms with Gasteiger partial charge in [0.15, 0.2) is 0 Å². The molecule has 2 unspecified atom stereocenters. The lowest BCUT2D eigenvalue weighted by Gasteiger charge is -2.60. The standard InChI is InChI=1S/C23H34F3NO3/c1-13(28)22(30)11-8-18-16-5-4-14-12-15(27-19(29)23(24,25)26)6-9-20(14,2)17(16)7-10-21(18,22)3/h6,9,13-18,28,30H,4-5,7-8,10-12H2,1-3H3,(H,27,29)/t13-,14?,15?,16+,17-,18-,20-,21-,22-/m0/s1. The van der Waals surface area contributed by atoms with Crippen molar-refractivity contribution in [2.75, 3.05) is 0 Å². The number of carbonyl (C=O) groups is 1. The molecule has 30 heavy (non-hydrogen) atoms. The molecule has 0 aliphatic heterocycles. The Balaban J connectivity index is 1.55. The second kappa shape index (κ2) is 6.96. The van der Waals surface area contributed by atoms with Crippen LogP contribution in [0.25, 0.3) is 0 Å². The van der Waals surface area contributed by atoms with Gasteiger partial charge >= 0.3 is 12.1 Å². The zero-order chi connectivity index (χ0) is 22.1. The number of allylic oxidation sites excluding steroid dienone is 1. The Kier molecular flexibility index (Phi) is 5.13. The largest absolute Gasteiger partial charge is 0.471 e. The van der Waals surface area contributed by atoms with Gasteiger partial charge in [-0.05, 0) is 81.0 Å². The van der Waals surface area contributed by atoms with E-state index >= 15 is 0 Å². The monoisotopic (exact) mass is 429 g/mol. The fraction of sp³-hybridized carbons (Fsp3) is 0.870. The number of halogens is 3. The van der Waals surface area contributed by atoms with E-state index in [1.807, 2.05) is 0 Å². The SMILES string of the molecule is C[C@H](O)[C@@]1(O)CC[C@H]2[C@@H]3CCC4CC(NC(=O)C(F)(F)F)C=C[C@]4(C)[C@H]3CC[C@@]21C. The summed E-state index contributed by atoms with van der Waals surface area (Å²) in [6, 6.07) is -0.575. The van der Waals surface area contributed by atoms with Gasteiger partial charge < -0.3 is 15.5 Å². The zero-order valence-electron chi connectivity index (χ0n) is 18.0. The normalized spacial score (nSPS) is 49.0. The highest BCUT2D eigenvalue weighted by atomic mass is 19.4. The molecule has 0 aromatic carbocycles. The Morgan fingerprint density at radius 3 is 2.43 bits per heavy atom. The van der Waals surface area contributed by atoms with Crippen LogP contribution in [0.2, 0.25) is 0 Å². The quantitative estimate of drug-likeness (QED) is 0.582. The minimum absolute atomic E-state index is 0.102. The minimum atomic E-state index is -4.86. The zero-order valence-corrected chi connectivity index (χ0v) is 18.0. The van der Waals surface area contributed by atoms with Crippen molar-refractivity contribution in [3.05, 3.63) is 12.2 Å². The van der Waals surface area contributed by atoms with Crippen molar-refractivity contribution in [1.82, 2.24) is 5.32 Å². The van der Waals surface area contributed by atoms with E-state index in [-0.39, 0.29) is 16.7 Å². The van der Waals surface area contributed by atoms with Crippen LogP contribution >= 0.6 is 0 Å². The number of alkyl halides is 3. The maximum atomic E-state index is 12.6. The lowest BCUT2D eigenvalue weighted by Crippen LogP contribution is -2.59. The third kappa shape index (κ3) is 3.06. The van der Waals surface area contributed by atoms with E-state index in [2.05, 4.69) is 25.2 Å². The Labute approximate surface area is 176 Å². The van der Waals surface area contributed by atoms with Crippen LogP contribution in [-0.2, 0) is 4.79 Å². The van der Waals surface area contributed by atoms with E-state index in [1.165, 1.54) is 0 Å². The van der Waals surface area contributed by atoms with Gasteiger partial charge in [-0.2, -0.15) is 13.2 Å². The molecule has 0 saturated heterocycles. The highest BCUT2D eigenvalue weighted by Crippen LogP contribution is 2.68. The van der Waals surface area contributed by atoms with Crippen LogP contribution < -0.4 is 5.32 Å². The van der Waals surface area contributed by atoms with Crippen molar-refractivity contribution < 1.29 is 28.2 Å². The lowest BCUT2D eigenvalue weighted by molar-refractivity contribution is -0.178. The highest BCUT2D eigenvalue weighted by Gasteiger charge is 2.65. The molecule has 4 nitrogen and oxygen atoms in total. The van der Waals surface area contributed by atoms with Gasteiger partial charge in [0.1, 0.15) is 0 Å². The van der Waals surface area contributed by atoms with Crippen LogP contribution in [-0.4, -0.2) is 40.0 Å². The van der Waals surface area contributed by atoms with Crippen LogP contribution in [0.4, 0.5) is 13.2 Å². The summed E-state index contributed by atoms with van der Waals surface area (Å²) < 4.78 is 37.9. The molecule has 4 aliphatic rings. The summed E-state index contributed by atoms with van der Waals surface area (Å²) in [5.41, 5.74) is -1.45. The summed E-state index contributed by atoms with van der Waals surface area (Å²) in [4.78, 5) is 11.4. The number of hydrogen-bond donors (Lipinski definition) is 3. The molecule has 3 fully saturated rings. The van der Waals surface area contributed by atoms with E-state index < -0.39 is 29.8 Å². The van der Waals surface area contributed by atoms with E-state index in [1.54, 1.807) is 13.0 Å². The molecule has 9 atom stereocenters. The Morgan fingerprint density at radius 1 is 1.13 bits per heavy atom. The van der Waals surface area contributed by atoms with Crippen molar-refractivity contribution >= 4 is 5.91 Å². The average Bonchev–Trinajstić information content (AvgIpc) is 2.94. The van der Waals surface area contributed by atoms with Crippen LogP contribution in [0.15, 0.2) is 12.2 Å². The predicted octanol–water partition coefficient (Wildman–Crippen LogP) is 3.96. The molecule has 4 rings (SSSR count). The second-order valence-electron chi connectivity index (χ2n) is 10.8. The third-order valence-electron chi connectivity index (χ3n) is 9.67. The second-order valence-corrected chi connectivity index (χ2v) is 10.8. The Hall–Kier alpha value is -1.08. The minimum Gasteiger partial charge on any atom is -0.390 e. The number of hydrogen-bond acceptors (Lipinski definition) is 3. The Morgan fingerprint density at radius 2 is 1.80 bits per heavy atom. The van der Waals surface area contributed by atoms with Crippen LogP contribution in [0, 0.1) is 34.5 Å². The molecular weight excluding hydrogens is 395 g/mol. The van der Waals surface area contributed by atoms with E-state index in [4.69, 9.17) is 0 Å². The maximum absolute atomic E-state index is 12.6. The molecule has 7 heteroatoms. The van der Waals surface area contributed by atoms with Gasteiger partial charge in [-0.15, -0.1) is 0 Å². The molecule has 3 saturated carbocycles. The van der Waals surface area contributed by atoms with Crippen LogP contribution in [0.3, 0.4) is 0 Å². The van der Waals surface area contributed by atoms with Gasteiger partial charge in [0.25, 0.3) is 0 Å². The molecule has 0 heterocycles. The fourth-order valence-corrected chi connectivity index (χ4v) is 7.90. The summed E-state index contributed by atoms with van der Waals surface area (Å²) in [5, 5.41) is 23.8. The van der Waals surface area contributed by atoms with Gasteiger partial charge in [0.05, 0.1) is 11.7 Å². The third-order valence-corrected chi connectivity index (χ3v) is 9.67. The summed E-state index contributed by atoms with van der Waals surface area (Å²) in [6.07, 6.45) is 3.99. The average molecular weight is 430 g/mol. The molecule has 0 radical (unpaired) electrons. The van der Waals surface area contributed by atoms with Crippen molar-refractivity contribution in [2.24, 2.45) is 34.5 Å². The van der Waals surface area contributed by atoms with E-state index in [9.17, 15) is 28.2 Å². The van der Waals surface area contributed by atoms with Gasteiger partial charge in [0.2, 0.25) is 0 Å². The number of aliphatic hydroxyl groups excluding tert-OH is 1. The summed E-state index contributed by atoms with van der Waals surface area (Å²) in [5.74, 6) is -0.412. The van der Waals surface area contributed by atoms with Crippen molar-refractivity contribution in [3.63, 3.8) is 0 Å². The molecule has 170 valence electrons. The van der Waals surface area contributed by atoms with Crippen molar-refractivity contribution in [2.45, 2.75) is 89.6 Å². The first kappa shape index (κ1) is 22.1. The first-order valence-electron chi connectivity index (χ1n) is 11.3. The maximum Gasteiger partial charge on any atom is 0.471 e. The van der Waals surface area contributed by atoms with Gasteiger partial charge in [-0.1, -0.05) is 26.0 Å². The van der Waals surface area contributed by atoms with E-state index in [0.717, 1.165) is 32.1 Å². The van der Waals surface area contributed by atoms with Gasteiger partial charge in [-0.25, -0.2) is 0 Å².